The molecule has 138 valence electrons. The molecule has 2 aliphatic rings. The summed E-state index contributed by atoms with van der Waals surface area (Å²) in [5.74, 6) is 2.41. The van der Waals surface area contributed by atoms with Gasteiger partial charge >= 0.3 is 6.18 Å². The molecule has 0 bridgehead atoms. The van der Waals surface area contributed by atoms with Gasteiger partial charge in [-0.3, -0.25) is 0 Å². The first-order chi connectivity index (χ1) is 12.0. The average Bonchev–Trinajstić information content (AvgIpc) is 2.62. The van der Waals surface area contributed by atoms with Gasteiger partial charge in [-0.1, -0.05) is 24.3 Å². The summed E-state index contributed by atoms with van der Waals surface area (Å²) in [5, 5.41) is 0. The molecule has 3 heteroatoms. The van der Waals surface area contributed by atoms with Gasteiger partial charge in [-0.25, -0.2) is 0 Å². The molecular formula is C22H29F3. The number of hydrogen-bond acceptors (Lipinski definition) is 0. The second-order valence-corrected chi connectivity index (χ2v) is 7.64. The topological polar surface area (TPSA) is 0 Å². The zero-order valence-electron chi connectivity index (χ0n) is 14.7. The molecule has 0 saturated heterocycles. The summed E-state index contributed by atoms with van der Waals surface area (Å²) in [4.78, 5) is 0. The molecule has 3 rings (SSSR count). The van der Waals surface area contributed by atoms with E-state index < -0.39 is 11.7 Å². The van der Waals surface area contributed by atoms with Gasteiger partial charge in [-0.2, -0.15) is 13.2 Å². The van der Waals surface area contributed by atoms with Crippen LogP contribution in [0.5, 0.6) is 0 Å². The molecular weight excluding hydrogens is 321 g/mol. The third-order valence-corrected chi connectivity index (χ3v) is 6.09. The van der Waals surface area contributed by atoms with Crippen LogP contribution in [0.25, 0.3) is 5.57 Å². The van der Waals surface area contributed by atoms with Crippen LogP contribution in [-0.2, 0) is 6.18 Å². The van der Waals surface area contributed by atoms with E-state index in [1.54, 1.807) is 12.1 Å². The van der Waals surface area contributed by atoms with Crippen LogP contribution in [0.3, 0.4) is 0 Å². The van der Waals surface area contributed by atoms with Gasteiger partial charge < -0.3 is 0 Å². The lowest BCUT2D eigenvalue weighted by molar-refractivity contribution is -0.137. The quantitative estimate of drug-likeness (QED) is 0.493. The fourth-order valence-corrected chi connectivity index (χ4v) is 4.55. The SMILES string of the molecule is C=CCC1CCC(C2CC=C(c3ccc(C(F)(F)F)cc3)CC2)CC1.[HH]. The molecule has 0 spiro atoms. The Balaban J connectivity index is 0.00000243. The van der Waals surface area contributed by atoms with Gasteiger partial charge in [0.15, 0.2) is 0 Å². The van der Waals surface area contributed by atoms with E-state index >= 15 is 0 Å². The molecule has 0 aromatic heterocycles. The minimum absolute atomic E-state index is 0. The number of alkyl halides is 3. The molecule has 0 amide bonds. The second kappa shape index (κ2) is 7.80. The van der Waals surface area contributed by atoms with E-state index in [2.05, 4.69) is 12.7 Å². The van der Waals surface area contributed by atoms with E-state index in [0.717, 1.165) is 42.6 Å². The minimum atomic E-state index is -4.25. The maximum absolute atomic E-state index is 12.7. The standard InChI is InChI=1S/C22H27F3.H2/c1-2-3-16-4-6-17(7-5-16)18-8-10-19(11-9-18)20-12-14-21(15-13-20)22(23,24)25;/h2,10,12-18H,1,3-9,11H2;1H. The fourth-order valence-electron chi connectivity index (χ4n) is 4.55. The monoisotopic (exact) mass is 350 g/mol. The van der Waals surface area contributed by atoms with E-state index in [4.69, 9.17) is 0 Å². The summed E-state index contributed by atoms with van der Waals surface area (Å²) < 4.78 is 38.0. The van der Waals surface area contributed by atoms with Gasteiger partial charge in [0.1, 0.15) is 0 Å². The maximum Gasteiger partial charge on any atom is 0.416 e. The summed E-state index contributed by atoms with van der Waals surface area (Å²) in [6.45, 7) is 3.85. The Bertz CT molecular complexity index is 607. The summed E-state index contributed by atoms with van der Waals surface area (Å²) >= 11 is 0. The van der Waals surface area contributed by atoms with Crippen LogP contribution in [-0.4, -0.2) is 0 Å². The lowest BCUT2D eigenvalue weighted by Crippen LogP contribution is -2.23. The average molecular weight is 350 g/mol. The first-order valence-corrected chi connectivity index (χ1v) is 9.45. The highest BCUT2D eigenvalue weighted by molar-refractivity contribution is 5.66. The maximum atomic E-state index is 12.7. The Morgan fingerprint density at radius 3 is 2.20 bits per heavy atom. The molecule has 25 heavy (non-hydrogen) atoms. The third-order valence-electron chi connectivity index (χ3n) is 6.09. The van der Waals surface area contributed by atoms with Crippen LogP contribution in [0.15, 0.2) is 43.0 Å². The molecule has 2 aliphatic carbocycles. The molecule has 1 atom stereocenters. The normalized spacial score (nSPS) is 27.6. The van der Waals surface area contributed by atoms with Gasteiger partial charge in [0, 0.05) is 1.43 Å². The number of rotatable bonds is 4. The number of hydrogen-bond donors (Lipinski definition) is 0. The second-order valence-electron chi connectivity index (χ2n) is 7.64. The van der Waals surface area contributed by atoms with Crippen molar-refractivity contribution in [1.82, 2.24) is 0 Å². The zero-order valence-corrected chi connectivity index (χ0v) is 14.7. The van der Waals surface area contributed by atoms with Crippen molar-refractivity contribution in [3.63, 3.8) is 0 Å². The Morgan fingerprint density at radius 1 is 1.00 bits per heavy atom. The summed E-state index contributed by atoms with van der Waals surface area (Å²) in [5.41, 5.74) is 1.59. The molecule has 1 aromatic rings. The van der Waals surface area contributed by atoms with E-state index in [-0.39, 0.29) is 1.43 Å². The van der Waals surface area contributed by atoms with Gasteiger partial charge in [0.05, 0.1) is 5.56 Å². The van der Waals surface area contributed by atoms with E-state index in [9.17, 15) is 13.2 Å². The molecule has 0 nitrogen and oxygen atoms in total. The lowest BCUT2D eigenvalue weighted by atomic mass is 9.70. The number of allylic oxidation sites excluding steroid dienone is 3. The Morgan fingerprint density at radius 2 is 1.68 bits per heavy atom. The first kappa shape index (κ1) is 18.3. The Kier molecular flexibility index (Phi) is 5.71. The smallest absolute Gasteiger partial charge is 0.166 e. The highest BCUT2D eigenvalue weighted by Gasteiger charge is 2.31. The van der Waals surface area contributed by atoms with Gasteiger partial charge in [-0.05, 0) is 92.4 Å². The van der Waals surface area contributed by atoms with Crippen molar-refractivity contribution in [2.45, 2.75) is 57.5 Å². The third kappa shape index (κ3) is 4.56. The largest absolute Gasteiger partial charge is 0.416 e. The van der Waals surface area contributed by atoms with Crippen LogP contribution in [0, 0.1) is 17.8 Å². The van der Waals surface area contributed by atoms with Gasteiger partial charge in [0.25, 0.3) is 0 Å². The van der Waals surface area contributed by atoms with E-state index in [1.165, 1.54) is 49.8 Å². The molecule has 0 radical (unpaired) electrons. The highest BCUT2D eigenvalue weighted by Crippen LogP contribution is 2.42. The van der Waals surface area contributed by atoms with Crippen LogP contribution in [0.1, 0.15) is 63.9 Å². The van der Waals surface area contributed by atoms with Crippen molar-refractivity contribution in [2.24, 2.45) is 17.8 Å². The van der Waals surface area contributed by atoms with Crippen molar-refractivity contribution in [1.29, 1.82) is 0 Å². The summed E-state index contributed by atoms with van der Waals surface area (Å²) in [7, 11) is 0. The van der Waals surface area contributed by atoms with Crippen molar-refractivity contribution in [2.75, 3.05) is 0 Å². The fraction of sp³-hybridized carbons (Fsp3) is 0.545. The van der Waals surface area contributed by atoms with Crippen molar-refractivity contribution in [3.8, 4) is 0 Å². The predicted octanol–water partition coefficient (Wildman–Crippen LogP) is 7.52. The lowest BCUT2D eigenvalue weighted by Gasteiger charge is -2.35. The Hall–Kier alpha value is -1.51. The molecule has 1 unspecified atom stereocenters. The molecule has 0 aliphatic heterocycles. The Labute approximate surface area is 150 Å². The molecule has 1 saturated carbocycles. The van der Waals surface area contributed by atoms with Gasteiger partial charge in [0.2, 0.25) is 0 Å². The minimum Gasteiger partial charge on any atom is -0.166 e. The van der Waals surface area contributed by atoms with Crippen LogP contribution < -0.4 is 0 Å². The predicted molar refractivity (Wildman–Crippen MR) is 99.1 cm³/mol. The molecule has 0 N–H and O–H groups in total. The highest BCUT2D eigenvalue weighted by atomic mass is 19.4. The van der Waals surface area contributed by atoms with Crippen molar-refractivity contribution >= 4 is 5.57 Å². The zero-order chi connectivity index (χ0) is 17.9. The van der Waals surface area contributed by atoms with Crippen LogP contribution in [0.4, 0.5) is 13.2 Å². The number of benzene rings is 1. The van der Waals surface area contributed by atoms with Crippen LogP contribution in [0.2, 0.25) is 0 Å². The van der Waals surface area contributed by atoms with E-state index in [0.29, 0.717) is 0 Å². The van der Waals surface area contributed by atoms with E-state index in [1.807, 2.05) is 6.08 Å². The van der Waals surface area contributed by atoms with Crippen LogP contribution >= 0.6 is 0 Å². The first-order valence-electron chi connectivity index (χ1n) is 9.45. The summed E-state index contributed by atoms with van der Waals surface area (Å²) in [6.07, 6.45) is 9.74. The molecule has 0 heterocycles. The number of halogens is 3. The molecule has 1 fully saturated rings. The van der Waals surface area contributed by atoms with Gasteiger partial charge in [-0.15, -0.1) is 6.58 Å². The van der Waals surface area contributed by atoms with Crippen molar-refractivity contribution < 1.29 is 14.6 Å². The van der Waals surface area contributed by atoms with Crippen molar-refractivity contribution in [3.05, 3.63) is 54.1 Å². The molecule has 1 aromatic carbocycles. The summed E-state index contributed by atoms with van der Waals surface area (Å²) in [6, 6.07) is 5.64.